The third kappa shape index (κ3) is 3.28. The summed E-state index contributed by atoms with van der Waals surface area (Å²) in [5.41, 5.74) is 1.90. The molecule has 3 heterocycles. The van der Waals surface area contributed by atoms with Crippen molar-refractivity contribution >= 4 is 33.3 Å². The summed E-state index contributed by atoms with van der Waals surface area (Å²) in [6.07, 6.45) is 1.72. The molecule has 0 radical (unpaired) electrons. The molecule has 0 saturated carbocycles. The van der Waals surface area contributed by atoms with Gasteiger partial charge in [-0.2, -0.15) is 14.9 Å². The molecule has 1 N–H and O–H groups in total. The zero-order valence-corrected chi connectivity index (χ0v) is 15.9. The van der Waals surface area contributed by atoms with Gasteiger partial charge in [0.1, 0.15) is 17.1 Å². The number of amides is 1. The number of hydrogen-bond donors (Lipinski definition) is 1. The average molecular weight is 382 g/mol. The summed E-state index contributed by atoms with van der Waals surface area (Å²) in [4.78, 5) is 17.1. The molecule has 9 heteroatoms. The molecule has 0 aliphatic heterocycles. The third-order valence-electron chi connectivity index (χ3n) is 3.87. The molecular formula is C18H18N6O2S. The number of para-hydroxylation sites is 1. The molecule has 27 heavy (non-hydrogen) atoms. The second-order valence-electron chi connectivity index (χ2n) is 5.94. The molecule has 3 aromatic heterocycles. The van der Waals surface area contributed by atoms with Crippen molar-refractivity contribution < 1.29 is 9.53 Å². The van der Waals surface area contributed by atoms with Crippen LogP contribution in [-0.4, -0.2) is 37.1 Å². The predicted octanol–water partition coefficient (Wildman–Crippen LogP) is 3.17. The van der Waals surface area contributed by atoms with Crippen molar-refractivity contribution in [3.05, 3.63) is 47.9 Å². The van der Waals surface area contributed by atoms with Gasteiger partial charge in [0.15, 0.2) is 5.69 Å². The maximum atomic E-state index is 12.5. The maximum absolute atomic E-state index is 12.5. The molecule has 4 aromatic rings. The molecule has 1 amide bonds. The lowest BCUT2D eigenvalue weighted by atomic mass is 10.3. The molecule has 0 saturated heterocycles. The Morgan fingerprint density at radius 3 is 2.89 bits per heavy atom. The van der Waals surface area contributed by atoms with Gasteiger partial charge >= 0.3 is 0 Å². The van der Waals surface area contributed by atoms with Gasteiger partial charge in [-0.05, 0) is 32.0 Å². The van der Waals surface area contributed by atoms with Crippen molar-refractivity contribution in [1.29, 1.82) is 0 Å². The fraction of sp³-hybridized carbons (Fsp3) is 0.222. The van der Waals surface area contributed by atoms with Gasteiger partial charge in [0.2, 0.25) is 5.13 Å². The first-order chi connectivity index (χ1) is 13.0. The Bertz CT molecular complexity index is 1130. The van der Waals surface area contributed by atoms with Gasteiger partial charge in [-0.3, -0.25) is 9.48 Å². The monoisotopic (exact) mass is 382 g/mol. The van der Waals surface area contributed by atoms with Gasteiger partial charge in [-0.1, -0.05) is 17.4 Å². The molecule has 0 atom stereocenters. The number of carbonyl (C=O) groups excluding carboxylic acids is 1. The smallest absolute Gasteiger partial charge is 0.277 e. The number of aromatic nitrogens is 5. The molecule has 0 bridgehead atoms. The van der Waals surface area contributed by atoms with Gasteiger partial charge in [-0.25, -0.2) is 4.98 Å². The SMILES string of the molecule is CCOc1cccc2sc(-n3nc(C)cc3NC(=O)c3ccn(C)n3)nc12. The average Bonchev–Trinajstić information content (AvgIpc) is 3.33. The first-order valence-corrected chi connectivity index (χ1v) is 9.27. The summed E-state index contributed by atoms with van der Waals surface area (Å²) in [7, 11) is 1.77. The summed E-state index contributed by atoms with van der Waals surface area (Å²) in [5.74, 6) is 0.980. The van der Waals surface area contributed by atoms with Crippen LogP contribution in [0.1, 0.15) is 23.1 Å². The van der Waals surface area contributed by atoms with Crippen LogP contribution in [0.3, 0.4) is 0 Å². The highest BCUT2D eigenvalue weighted by molar-refractivity contribution is 7.20. The lowest BCUT2D eigenvalue weighted by molar-refractivity contribution is 0.102. The fourth-order valence-corrected chi connectivity index (χ4v) is 3.67. The summed E-state index contributed by atoms with van der Waals surface area (Å²) >= 11 is 1.48. The number of thiazole rings is 1. The Kier molecular flexibility index (Phi) is 4.36. The van der Waals surface area contributed by atoms with Gasteiger partial charge in [-0.15, -0.1) is 0 Å². The maximum Gasteiger partial charge on any atom is 0.277 e. The van der Waals surface area contributed by atoms with E-state index >= 15 is 0 Å². The quantitative estimate of drug-likeness (QED) is 0.573. The minimum atomic E-state index is -0.298. The van der Waals surface area contributed by atoms with Crippen LogP contribution >= 0.6 is 11.3 Å². The second kappa shape index (κ2) is 6.84. The molecule has 1 aromatic carbocycles. The van der Waals surface area contributed by atoms with Crippen molar-refractivity contribution in [3.63, 3.8) is 0 Å². The zero-order chi connectivity index (χ0) is 19.0. The number of carbonyl (C=O) groups is 1. The Morgan fingerprint density at radius 2 is 2.15 bits per heavy atom. The van der Waals surface area contributed by atoms with Gasteiger partial charge in [0.05, 0.1) is 17.0 Å². The largest absolute Gasteiger partial charge is 0.492 e. The molecule has 0 spiro atoms. The van der Waals surface area contributed by atoms with Crippen LogP contribution in [0, 0.1) is 6.92 Å². The van der Waals surface area contributed by atoms with Crippen molar-refractivity contribution in [2.24, 2.45) is 7.05 Å². The Balaban J connectivity index is 1.71. The molecule has 0 aliphatic rings. The topological polar surface area (TPSA) is 86.9 Å². The number of ether oxygens (including phenoxy) is 1. The normalized spacial score (nSPS) is 11.1. The summed E-state index contributed by atoms with van der Waals surface area (Å²) in [6.45, 7) is 4.37. The van der Waals surface area contributed by atoms with E-state index in [0.717, 1.165) is 21.7 Å². The van der Waals surface area contributed by atoms with Crippen molar-refractivity contribution in [3.8, 4) is 10.9 Å². The van der Waals surface area contributed by atoms with Crippen molar-refractivity contribution in [1.82, 2.24) is 24.5 Å². The van der Waals surface area contributed by atoms with E-state index in [4.69, 9.17) is 4.74 Å². The highest BCUT2D eigenvalue weighted by Crippen LogP contribution is 2.32. The van der Waals surface area contributed by atoms with E-state index in [2.05, 4.69) is 20.5 Å². The fourth-order valence-electron chi connectivity index (χ4n) is 2.72. The minimum absolute atomic E-state index is 0.298. The first-order valence-electron chi connectivity index (χ1n) is 8.45. The van der Waals surface area contributed by atoms with Crippen LogP contribution in [0.5, 0.6) is 5.75 Å². The molecule has 0 fully saturated rings. The lowest BCUT2D eigenvalue weighted by Gasteiger charge is -2.05. The summed E-state index contributed by atoms with van der Waals surface area (Å²) in [6, 6.07) is 9.29. The predicted molar refractivity (Wildman–Crippen MR) is 104 cm³/mol. The van der Waals surface area contributed by atoms with Crippen LogP contribution in [0.2, 0.25) is 0 Å². The number of aryl methyl sites for hydroxylation is 2. The van der Waals surface area contributed by atoms with Gasteiger partial charge in [0.25, 0.3) is 5.91 Å². The van der Waals surface area contributed by atoms with E-state index in [-0.39, 0.29) is 5.91 Å². The summed E-state index contributed by atoms with van der Waals surface area (Å²) in [5, 5.41) is 12.1. The lowest BCUT2D eigenvalue weighted by Crippen LogP contribution is -2.16. The molecule has 0 unspecified atom stereocenters. The third-order valence-corrected chi connectivity index (χ3v) is 4.87. The van der Waals surface area contributed by atoms with E-state index in [1.165, 1.54) is 11.3 Å². The number of nitrogens with zero attached hydrogens (tertiary/aromatic N) is 5. The number of nitrogens with one attached hydrogen (secondary N) is 1. The standard InChI is InChI=1S/C18H18N6O2S/c1-4-26-13-6-5-7-14-16(13)20-18(27-14)24-15(10-11(2)21-24)19-17(25)12-8-9-23(3)22-12/h5-10H,4H2,1-3H3,(H,19,25). The van der Waals surface area contributed by atoms with Crippen LogP contribution in [-0.2, 0) is 7.05 Å². The van der Waals surface area contributed by atoms with Crippen LogP contribution in [0.25, 0.3) is 15.3 Å². The number of benzene rings is 1. The molecule has 4 rings (SSSR count). The Morgan fingerprint density at radius 1 is 1.30 bits per heavy atom. The minimum Gasteiger partial charge on any atom is -0.492 e. The van der Waals surface area contributed by atoms with Gasteiger partial charge < -0.3 is 10.1 Å². The molecule has 0 aliphatic carbocycles. The van der Waals surface area contributed by atoms with Crippen LogP contribution in [0.4, 0.5) is 5.82 Å². The number of hydrogen-bond acceptors (Lipinski definition) is 6. The van der Waals surface area contributed by atoms with E-state index in [1.807, 2.05) is 32.0 Å². The molecular weight excluding hydrogens is 364 g/mol. The van der Waals surface area contributed by atoms with Crippen LogP contribution < -0.4 is 10.1 Å². The zero-order valence-electron chi connectivity index (χ0n) is 15.1. The molecule has 8 nitrogen and oxygen atoms in total. The van der Waals surface area contributed by atoms with Gasteiger partial charge in [0, 0.05) is 19.3 Å². The molecule has 138 valence electrons. The first kappa shape index (κ1) is 17.2. The van der Waals surface area contributed by atoms with E-state index in [1.54, 1.807) is 34.7 Å². The second-order valence-corrected chi connectivity index (χ2v) is 6.95. The van der Waals surface area contributed by atoms with E-state index in [0.29, 0.717) is 23.3 Å². The summed E-state index contributed by atoms with van der Waals surface area (Å²) < 4.78 is 9.87. The van der Waals surface area contributed by atoms with E-state index in [9.17, 15) is 4.79 Å². The van der Waals surface area contributed by atoms with Crippen molar-refractivity contribution in [2.45, 2.75) is 13.8 Å². The Labute approximate surface area is 159 Å². The highest BCUT2D eigenvalue weighted by Gasteiger charge is 2.17. The number of rotatable bonds is 5. The number of anilines is 1. The number of fused-ring (bicyclic) bond motifs is 1. The van der Waals surface area contributed by atoms with Crippen molar-refractivity contribution in [2.75, 3.05) is 11.9 Å². The highest BCUT2D eigenvalue weighted by atomic mass is 32.1. The van der Waals surface area contributed by atoms with E-state index < -0.39 is 0 Å². The Hall–Kier alpha value is -3.20. The van der Waals surface area contributed by atoms with Crippen LogP contribution in [0.15, 0.2) is 36.5 Å².